The number of nitrogens with zero attached hydrogens (tertiary/aromatic N) is 3. The van der Waals surface area contributed by atoms with Gasteiger partial charge in [-0.15, -0.1) is 0 Å². The summed E-state index contributed by atoms with van der Waals surface area (Å²) in [5, 5.41) is 24.2. The summed E-state index contributed by atoms with van der Waals surface area (Å²) in [5.41, 5.74) is 5.82. The predicted octanol–water partition coefficient (Wildman–Crippen LogP) is -4.11. The van der Waals surface area contributed by atoms with Crippen LogP contribution in [0.3, 0.4) is 0 Å². The van der Waals surface area contributed by atoms with E-state index in [0.29, 0.717) is 45.1 Å². The SMILES string of the molecule is CC(C)[C@H](N)C(=O)NCC(=O)N1CCC[C@H]1C(=O)N[C@@H](C)C(=O)NCC(=O)N1CCC[C@H]1C(=O)N[C@@H](C)C(=O)NCC(=O)N[C@@H](C)C(=O)N1CCC[C@H]1C(=O)O. The summed E-state index contributed by atoms with van der Waals surface area (Å²) in [6.45, 7) is 7.21. The fourth-order valence-electron chi connectivity index (χ4n) is 6.74. The molecular formula is C35H56N10O11. The van der Waals surface area contributed by atoms with E-state index in [4.69, 9.17) is 5.73 Å². The molecule has 9 N–H and O–H groups in total. The maximum absolute atomic E-state index is 13.1. The highest BCUT2D eigenvalue weighted by molar-refractivity contribution is 5.97. The second-order valence-corrected chi connectivity index (χ2v) is 14.7. The van der Waals surface area contributed by atoms with Crippen molar-refractivity contribution in [2.45, 2.75) is 115 Å². The summed E-state index contributed by atoms with van der Waals surface area (Å²) in [6.07, 6.45) is 2.53. The van der Waals surface area contributed by atoms with Crippen molar-refractivity contribution in [3.05, 3.63) is 0 Å². The molecule has 3 fully saturated rings. The van der Waals surface area contributed by atoms with Gasteiger partial charge in [0, 0.05) is 19.6 Å². The van der Waals surface area contributed by atoms with Gasteiger partial charge in [-0.05, 0) is 65.2 Å². The monoisotopic (exact) mass is 792 g/mol. The van der Waals surface area contributed by atoms with Gasteiger partial charge in [-0.25, -0.2) is 4.79 Å². The lowest BCUT2D eigenvalue weighted by Gasteiger charge is -2.27. The third-order valence-corrected chi connectivity index (χ3v) is 10.1. The minimum atomic E-state index is -1.12. The average molecular weight is 793 g/mol. The van der Waals surface area contributed by atoms with Crippen LogP contribution in [-0.2, 0) is 47.9 Å². The first-order valence-electron chi connectivity index (χ1n) is 18.9. The zero-order chi connectivity index (χ0) is 41.9. The fraction of sp³-hybridized carbons (Fsp3) is 0.714. The van der Waals surface area contributed by atoms with Crippen molar-refractivity contribution >= 4 is 59.1 Å². The van der Waals surface area contributed by atoms with Crippen LogP contribution in [0.4, 0.5) is 0 Å². The van der Waals surface area contributed by atoms with E-state index < -0.39 is 115 Å². The molecule has 0 unspecified atom stereocenters. The highest BCUT2D eigenvalue weighted by atomic mass is 16.4. The van der Waals surface area contributed by atoms with Crippen LogP contribution in [0.5, 0.6) is 0 Å². The van der Waals surface area contributed by atoms with E-state index in [1.807, 2.05) is 0 Å². The second kappa shape index (κ2) is 20.5. The van der Waals surface area contributed by atoms with E-state index in [-0.39, 0.29) is 25.6 Å². The van der Waals surface area contributed by atoms with E-state index in [1.54, 1.807) is 13.8 Å². The van der Waals surface area contributed by atoms with Crippen molar-refractivity contribution in [1.29, 1.82) is 0 Å². The van der Waals surface area contributed by atoms with Gasteiger partial charge < -0.3 is 57.4 Å². The quantitative estimate of drug-likeness (QED) is 0.0698. The molecule has 21 nitrogen and oxygen atoms in total. The Morgan fingerprint density at radius 1 is 0.571 bits per heavy atom. The summed E-state index contributed by atoms with van der Waals surface area (Å²) >= 11 is 0. The van der Waals surface area contributed by atoms with Crippen LogP contribution < -0.4 is 37.6 Å². The average Bonchev–Trinajstić information content (AvgIpc) is 3.95. The number of carbonyl (C=O) groups excluding carboxylic acids is 9. The molecule has 9 amide bonds. The highest BCUT2D eigenvalue weighted by Crippen LogP contribution is 2.20. The van der Waals surface area contributed by atoms with E-state index in [1.165, 1.54) is 35.5 Å². The van der Waals surface area contributed by atoms with Crippen molar-refractivity contribution in [2.24, 2.45) is 11.7 Å². The molecule has 0 aromatic heterocycles. The van der Waals surface area contributed by atoms with Gasteiger partial charge in [-0.3, -0.25) is 43.2 Å². The highest BCUT2D eigenvalue weighted by Gasteiger charge is 2.38. The molecule has 0 saturated carbocycles. The maximum atomic E-state index is 13.1. The third kappa shape index (κ3) is 12.1. The molecule has 0 aromatic rings. The Bertz CT molecular complexity index is 1540. The summed E-state index contributed by atoms with van der Waals surface area (Å²) in [6, 6.07) is -6.74. The van der Waals surface area contributed by atoms with E-state index >= 15 is 0 Å². The van der Waals surface area contributed by atoms with Crippen LogP contribution in [0.25, 0.3) is 0 Å². The number of likely N-dealkylation sites (tertiary alicyclic amines) is 3. The summed E-state index contributed by atoms with van der Waals surface area (Å²) in [5.74, 6) is -6.59. The van der Waals surface area contributed by atoms with Crippen molar-refractivity contribution in [1.82, 2.24) is 46.6 Å². The first-order chi connectivity index (χ1) is 26.3. The van der Waals surface area contributed by atoms with Gasteiger partial charge in [0.05, 0.1) is 25.7 Å². The molecule has 3 heterocycles. The predicted molar refractivity (Wildman–Crippen MR) is 196 cm³/mol. The maximum Gasteiger partial charge on any atom is 0.326 e. The largest absolute Gasteiger partial charge is 0.480 e. The molecule has 21 heteroatoms. The van der Waals surface area contributed by atoms with Gasteiger partial charge >= 0.3 is 5.97 Å². The number of carboxylic acids is 1. The molecule has 3 aliphatic rings. The van der Waals surface area contributed by atoms with Crippen LogP contribution in [0.15, 0.2) is 0 Å². The standard InChI is InChI=1S/C35H56N10O11/c1-18(2)28(36)33(53)39-17-27(48)44-13-7-10-23(44)32(52)42-20(4)30(50)38-16-26(47)43-12-6-9-22(43)31(51)41-19(3)29(49)37-15-25(46)40-21(5)34(54)45-14-8-11-24(45)35(55)56/h18-24,28H,6-17,36H2,1-5H3,(H,37,49)(H,38,50)(H,39,53)(H,40,46)(H,41,51)(H,42,52)(H,55,56)/t19-,20-,21-,22-,23-,24-,28-/m0/s1. The van der Waals surface area contributed by atoms with Crippen molar-refractivity contribution in [3.8, 4) is 0 Å². The Kier molecular flexibility index (Phi) is 16.5. The molecule has 3 aliphatic heterocycles. The van der Waals surface area contributed by atoms with Gasteiger partial charge in [0.25, 0.3) is 0 Å². The number of carboxylic acid groups (broad SMARTS) is 1. The van der Waals surface area contributed by atoms with Crippen molar-refractivity contribution in [3.63, 3.8) is 0 Å². The molecule has 7 atom stereocenters. The first kappa shape index (κ1) is 45.1. The lowest BCUT2D eigenvalue weighted by molar-refractivity contribution is -0.149. The van der Waals surface area contributed by atoms with Gasteiger partial charge in [-0.2, -0.15) is 0 Å². The first-order valence-corrected chi connectivity index (χ1v) is 18.9. The Labute approximate surface area is 324 Å². The molecule has 56 heavy (non-hydrogen) atoms. The molecule has 0 bridgehead atoms. The molecule has 0 radical (unpaired) electrons. The minimum absolute atomic E-state index is 0.130. The minimum Gasteiger partial charge on any atom is -0.480 e. The van der Waals surface area contributed by atoms with E-state index in [2.05, 4.69) is 31.9 Å². The molecule has 0 aromatic carbocycles. The van der Waals surface area contributed by atoms with E-state index in [0.717, 1.165) is 0 Å². The number of hydrogen-bond donors (Lipinski definition) is 8. The van der Waals surface area contributed by atoms with Crippen LogP contribution in [0.1, 0.15) is 73.1 Å². The van der Waals surface area contributed by atoms with E-state index in [9.17, 15) is 53.1 Å². The van der Waals surface area contributed by atoms with Gasteiger partial charge in [0.2, 0.25) is 53.2 Å². The second-order valence-electron chi connectivity index (χ2n) is 14.7. The smallest absolute Gasteiger partial charge is 0.326 e. The van der Waals surface area contributed by atoms with Gasteiger partial charge in [-0.1, -0.05) is 13.8 Å². The van der Waals surface area contributed by atoms with Crippen LogP contribution >= 0.6 is 0 Å². The molecule has 0 aliphatic carbocycles. The number of hydrogen-bond acceptors (Lipinski definition) is 11. The fourth-order valence-corrected chi connectivity index (χ4v) is 6.74. The Balaban J connectivity index is 1.41. The zero-order valence-corrected chi connectivity index (χ0v) is 32.6. The summed E-state index contributed by atoms with van der Waals surface area (Å²) < 4.78 is 0. The van der Waals surface area contributed by atoms with Crippen LogP contribution in [0.2, 0.25) is 0 Å². The van der Waals surface area contributed by atoms with Gasteiger partial charge in [0.1, 0.15) is 36.3 Å². The lowest BCUT2D eigenvalue weighted by Crippen LogP contribution is -2.56. The molecule has 3 rings (SSSR count). The van der Waals surface area contributed by atoms with Crippen molar-refractivity contribution in [2.75, 3.05) is 39.3 Å². The molecule has 312 valence electrons. The summed E-state index contributed by atoms with van der Waals surface area (Å²) in [7, 11) is 0. The Morgan fingerprint density at radius 2 is 0.982 bits per heavy atom. The molecule has 3 saturated heterocycles. The zero-order valence-electron chi connectivity index (χ0n) is 32.6. The molecular weight excluding hydrogens is 736 g/mol. The van der Waals surface area contributed by atoms with Gasteiger partial charge in [0.15, 0.2) is 0 Å². The van der Waals surface area contributed by atoms with Crippen LogP contribution in [0, 0.1) is 5.92 Å². The number of amides is 9. The Hall–Kier alpha value is -5.34. The Morgan fingerprint density at radius 3 is 1.43 bits per heavy atom. The number of carbonyl (C=O) groups is 10. The normalized spacial score (nSPS) is 21.3. The third-order valence-electron chi connectivity index (χ3n) is 10.1. The van der Waals surface area contributed by atoms with Crippen molar-refractivity contribution < 1.29 is 53.1 Å². The topological polar surface area (TPSA) is 299 Å². The number of nitrogens with one attached hydrogen (secondary N) is 6. The number of rotatable bonds is 17. The number of aliphatic carboxylic acids is 1. The summed E-state index contributed by atoms with van der Waals surface area (Å²) in [4.78, 5) is 130. The molecule has 0 spiro atoms. The van der Waals surface area contributed by atoms with Crippen LogP contribution in [-0.4, -0.2) is 161 Å². The number of nitrogens with two attached hydrogens (primary N) is 1. The lowest BCUT2D eigenvalue weighted by atomic mass is 10.1.